The lowest BCUT2D eigenvalue weighted by Crippen LogP contribution is -2.47. The Kier molecular flexibility index (Phi) is 8.61. The molecule has 1 unspecified atom stereocenters. The number of fused-ring (bicyclic) bond motifs is 1. The van der Waals surface area contributed by atoms with Crippen LogP contribution in [0.4, 0.5) is 4.39 Å². The predicted molar refractivity (Wildman–Crippen MR) is 128 cm³/mol. The molecule has 0 spiro atoms. The number of carbonyl (C=O) groups excluding carboxylic acids is 3. The number of nitrogens with zero attached hydrogens (tertiary/aromatic N) is 2. The second-order valence-electron chi connectivity index (χ2n) is 8.45. The topological polar surface area (TPSA) is 104 Å². The maximum absolute atomic E-state index is 13.3. The highest BCUT2D eigenvalue weighted by molar-refractivity contribution is 7.90. The number of amides is 3. The monoisotopic (exact) mass is 503 g/mol. The lowest BCUT2D eigenvalue weighted by Gasteiger charge is -2.29. The Bertz CT molecular complexity index is 1180. The number of hydrogen-bond acceptors (Lipinski definition) is 5. The Hall–Kier alpha value is -3.27. The fourth-order valence-corrected chi connectivity index (χ4v) is 5.48. The number of nitrogens with one attached hydrogen (secondary N) is 1. The number of rotatable bonds is 11. The van der Waals surface area contributed by atoms with E-state index in [0.29, 0.717) is 12.1 Å². The van der Waals surface area contributed by atoms with Crippen LogP contribution in [-0.2, 0) is 26.2 Å². The van der Waals surface area contributed by atoms with Gasteiger partial charge < -0.3 is 10.2 Å². The van der Waals surface area contributed by atoms with E-state index in [1.165, 1.54) is 29.2 Å². The van der Waals surface area contributed by atoms with Crippen molar-refractivity contribution in [2.75, 3.05) is 13.1 Å². The van der Waals surface area contributed by atoms with E-state index in [1.54, 1.807) is 31.2 Å². The molecule has 8 nitrogen and oxygen atoms in total. The maximum atomic E-state index is 13.3. The standard InChI is InChI=1S/C25H30FN3O5S/c1-3-4-15-27-24(31)18(2)28(17-19-11-13-20(26)14-12-19)23(30)10-7-16-29-25(32)21-8-5-6-9-22(21)35(29,33)34/h5-6,8-9,11-14,18H,3-4,7,10,15-17H2,1-2H3,(H,27,31). The minimum Gasteiger partial charge on any atom is -0.354 e. The van der Waals surface area contributed by atoms with E-state index in [2.05, 4.69) is 5.32 Å². The Morgan fingerprint density at radius 2 is 1.77 bits per heavy atom. The van der Waals surface area contributed by atoms with Gasteiger partial charge in [0.25, 0.3) is 15.9 Å². The SMILES string of the molecule is CCCCNC(=O)C(C)N(Cc1ccc(F)cc1)C(=O)CCCN1C(=O)c2ccccc2S1(=O)=O. The third-order valence-corrected chi connectivity index (χ3v) is 7.77. The van der Waals surface area contributed by atoms with Crippen LogP contribution in [0.25, 0.3) is 0 Å². The van der Waals surface area contributed by atoms with Gasteiger partial charge in [0.1, 0.15) is 16.8 Å². The molecule has 0 saturated heterocycles. The minimum absolute atomic E-state index is 0.0355. The van der Waals surface area contributed by atoms with Gasteiger partial charge in [-0.3, -0.25) is 14.4 Å². The van der Waals surface area contributed by atoms with E-state index in [4.69, 9.17) is 0 Å². The first kappa shape index (κ1) is 26.3. The molecule has 2 aromatic rings. The molecule has 1 aliphatic rings. The van der Waals surface area contributed by atoms with Gasteiger partial charge in [0.05, 0.1) is 5.56 Å². The Morgan fingerprint density at radius 3 is 2.43 bits per heavy atom. The average molecular weight is 504 g/mol. The molecule has 10 heteroatoms. The van der Waals surface area contributed by atoms with Crippen molar-refractivity contribution < 1.29 is 27.2 Å². The smallest absolute Gasteiger partial charge is 0.269 e. The van der Waals surface area contributed by atoms with Crippen molar-refractivity contribution in [1.29, 1.82) is 0 Å². The van der Waals surface area contributed by atoms with Gasteiger partial charge in [-0.2, -0.15) is 0 Å². The third-order valence-electron chi connectivity index (χ3n) is 5.93. The zero-order valence-corrected chi connectivity index (χ0v) is 20.7. The molecule has 0 radical (unpaired) electrons. The highest BCUT2D eigenvalue weighted by Gasteiger charge is 2.40. The first-order valence-corrected chi connectivity index (χ1v) is 13.1. The zero-order chi connectivity index (χ0) is 25.6. The molecule has 0 fully saturated rings. The molecule has 0 saturated carbocycles. The van der Waals surface area contributed by atoms with Crippen molar-refractivity contribution >= 4 is 27.7 Å². The molecule has 0 aliphatic carbocycles. The number of sulfonamides is 1. The number of hydrogen-bond donors (Lipinski definition) is 1. The first-order chi connectivity index (χ1) is 16.7. The summed E-state index contributed by atoms with van der Waals surface area (Å²) in [5, 5.41) is 2.82. The van der Waals surface area contributed by atoms with Crippen molar-refractivity contribution in [3.05, 3.63) is 65.5 Å². The van der Waals surface area contributed by atoms with Crippen molar-refractivity contribution in [2.24, 2.45) is 0 Å². The number of carbonyl (C=O) groups is 3. The third kappa shape index (κ3) is 6.05. The largest absolute Gasteiger partial charge is 0.354 e. The van der Waals surface area contributed by atoms with E-state index in [1.807, 2.05) is 6.92 Å². The average Bonchev–Trinajstić information content (AvgIpc) is 3.04. The fraction of sp³-hybridized carbons (Fsp3) is 0.400. The fourth-order valence-electron chi connectivity index (χ4n) is 3.87. The number of unbranched alkanes of at least 4 members (excludes halogenated alkanes) is 1. The second kappa shape index (κ2) is 11.4. The van der Waals surface area contributed by atoms with Crippen LogP contribution < -0.4 is 5.32 Å². The van der Waals surface area contributed by atoms with Crippen LogP contribution >= 0.6 is 0 Å². The van der Waals surface area contributed by atoms with E-state index in [0.717, 1.165) is 17.1 Å². The summed E-state index contributed by atoms with van der Waals surface area (Å²) in [6, 6.07) is 10.9. The molecule has 3 amide bonds. The second-order valence-corrected chi connectivity index (χ2v) is 10.3. The zero-order valence-electron chi connectivity index (χ0n) is 19.9. The summed E-state index contributed by atoms with van der Waals surface area (Å²) in [7, 11) is -3.95. The lowest BCUT2D eigenvalue weighted by molar-refractivity contribution is -0.140. The van der Waals surface area contributed by atoms with Crippen molar-refractivity contribution in [2.45, 2.75) is 57.0 Å². The summed E-state index contributed by atoms with van der Waals surface area (Å²) in [4.78, 5) is 39.7. The highest BCUT2D eigenvalue weighted by atomic mass is 32.2. The van der Waals surface area contributed by atoms with E-state index < -0.39 is 27.8 Å². The molecular formula is C25H30FN3O5S. The molecule has 3 rings (SSSR count). The summed E-state index contributed by atoms with van der Waals surface area (Å²) in [5.41, 5.74) is 0.773. The minimum atomic E-state index is -3.95. The normalized spacial score (nSPS) is 14.9. The Balaban J connectivity index is 1.68. The molecule has 2 aromatic carbocycles. The van der Waals surface area contributed by atoms with Gasteiger partial charge in [0, 0.05) is 26.1 Å². The van der Waals surface area contributed by atoms with Gasteiger partial charge >= 0.3 is 0 Å². The molecule has 0 bridgehead atoms. The molecule has 35 heavy (non-hydrogen) atoms. The summed E-state index contributed by atoms with van der Waals surface area (Å²) in [5.74, 6) is -1.69. The van der Waals surface area contributed by atoms with Crippen molar-refractivity contribution in [3.63, 3.8) is 0 Å². The van der Waals surface area contributed by atoms with Crippen LogP contribution in [0.1, 0.15) is 55.5 Å². The van der Waals surface area contributed by atoms with E-state index >= 15 is 0 Å². The predicted octanol–water partition coefficient (Wildman–Crippen LogP) is 3.08. The molecule has 1 atom stereocenters. The van der Waals surface area contributed by atoms with Gasteiger partial charge in [-0.15, -0.1) is 0 Å². The van der Waals surface area contributed by atoms with Gasteiger partial charge in [-0.25, -0.2) is 17.1 Å². The van der Waals surface area contributed by atoms with Gasteiger partial charge in [-0.1, -0.05) is 37.6 Å². The Morgan fingerprint density at radius 1 is 1.09 bits per heavy atom. The quantitative estimate of drug-likeness (QED) is 0.475. The number of benzene rings is 2. The molecule has 188 valence electrons. The van der Waals surface area contributed by atoms with Crippen molar-refractivity contribution in [3.8, 4) is 0 Å². The van der Waals surface area contributed by atoms with Crippen molar-refractivity contribution in [1.82, 2.24) is 14.5 Å². The summed E-state index contributed by atoms with van der Waals surface area (Å²) in [6.07, 6.45) is 1.76. The van der Waals surface area contributed by atoms with Gasteiger partial charge in [0.2, 0.25) is 11.8 Å². The van der Waals surface area contributed by atoms with Crippen LogP contribution in [0.3, 0.4) is 0 Å². The summed E-state index contributed by atoms with van der Waals surface area (Å²) < 4.78 is 39.6. The summed E-state index contributed by atoms with van der Waals surface area (Å²) >= 11 is 0. The van der Waals surface area contributed by atoms with Crippen LogP contribution in [0.5, 0.6) is 0 Å². The first-order valence-electron chi connectivity index (χ1n) is 11.6. The summed E-state index contributed by atoms with van der Waals surface area (Å²) in [6.45, 7) is 4.06. The van der Waals surface area contributed by atoms with Gasteiger partial charge in [-0.05, 0) is 49.6 Å². The molecule has 0 aromatic heterocycles. The van der Waals surface area contributed by atoms with Crippen LogP contribution in [0.15, 0.2) is 53.4 Å². The molecule has 1 aliphatic heterocycles. The highest BCUT2D eigenvalue weighted by Crippen LogP contribution is 2.30. The van der Waals surface area contributed by atoms with Crippen LogP contribution in [0, 0.1) is 5.82 Å². The molecule has 1 heterocycles. The van der Waals surface area contributed by atoms with Gasteiger partial charge in [0.15, 0.2) is 0 Å². The van der Waals surface area contributed by atoms with Crippen LogP contribution in [0.2, 0.25) is 0 Å². The van der Waals surface area contributed by atoms with E-state index in [-0.39, 0.29) is 48.2 Å². The molecular weight excluding hydrogens is 473 g/mol. The lowest BCUT2D eigenvalue weighted by atomic mass is 10.1. The maximum Gasteiger partial charge on any atom is 0.269 e. The number of halogens is 1. The van der Waals surface area contributed by atoms with E-state index in [9.17, 15) is 27.2 Å². The Labute approximate surface area is 205 Å². The van der Waals surface area contributed by atoms with Crippen LogP contribution in [-0.4, -0.2) is 54.5 Å². The molecule has 1 N–H and O–H groups in total.